The molecule has 0 unspecified atom stereocenters. The number of pyridine rings is 1. The predicted octanol–water partition coefficient (Wildman–Crippen LogP) is 3.63. The van der Waals surface area contributed by atoms with E-state index in [1.165, 1.54) is 0 Å². The molecule has 0 saturated heterocycles. The Bertz CT molecular complexity index is 440. The van der Waals surface area contributed by atoms with Crippen molar-refractivity contribution < 1.29 is 0 Å². The highest BCUT2D eigenvalue weighted by Crippen LogP contribution is 2.23. The Hall–Kier alpha value is -0.790. The summed E-state index contributed by atoms with van der Waals surface area (Å²) in [6.45, 7) is 0. The van der Waals surface area contributed by atoms with Crippen LogP contribution in [0, 0.1) is 0 Å². The van der Waals surface area contributed by atoms with Gasteiger partial charge in [-0.15, -0.1) is 11.6 Å². The number of aromatic nitrogens is 1. The van der Waals surface area contributed by atoms with Gasteiger partial charge in [0.1, 0.15) is 0 Å². The summed E-state index contributed by atoms with van der Waals surface area (Å²) in [5, 5.41) is 1.74. The van der Waals surface area contributed by atoms with Gasteiger partial charge in [0.25, 0.3) is 0 Å². The van der Waals surface area contributed by atoms with Crippen LogP contribution in [0.25, 0.3) is 10.9 Å². The molecule has 0 bridgehead atoms. The van der Waals surface area contributed by atoms with Crippen LogP contribution in [-0.2, 0) is 5.88 Å². The molecule has 0 atom stereocenters. The molecule has 2 aromatic rings. The fourth-order valence-corrected chi connectivity index (χ4v) is 1.78. The van der Waals surface area contributed by atoms with E-state index in [0.717, 1.165) is 16.5 Å². The maximum Gasteiger partial charge on any atom is 0.0747 e. The van der Waals surface area contributed by atoms with Crippen molar-refractivity contribution >= 4 is 34.1 Å². The lowest BCUT2D eigenvalue weighted by molar-refractivity contribution is 1.34. The minimum Gasteiger partial charge on any atom is -0.256 e. The molecule has 1 aromatic carbocycles. The quantitative estimate of drug-likeness (QED) is 0.657. The molecular formula is C10H7Cl2N. The largest absolute Gasteiger partial charge is 0.256 e. The minimum atomic E-state index is 0.439. The maximum absolute atomic E-state index is 5.92. The summed E-state index contributed by atoms with van der Waals surface area (Å²) >= 11 is 11.7. The number of fused-ring (bicyclic) bond motifs is 1. The minimum absolute atomic E-state index is 0.439. The van der Waals surface area contributed by atoms with Crippen LogP contribution in [0.15, 0.2) is 30.5 Å². The van der Waals surface area contributed by atoms with E-state index in [2.05, 4.69) is 4.98 Å². The van der Waals surface area contributed by atoms with Gasteiger partial charge in [0.2, 0.25) is 0 Å². The van der Waals surface area contributed by atoms with Crippen molar-refractivity contribution in [1.82, 2.24) is 4.98 Å². The van der Waals surface area contributed by atoms with Crippen LogP contribution in [-0.4, -0.2) is 4.98 Å². The van der Waals surface area contributed by atoms with Crippen molar-refractivity contribution in [3.05, 3.63) is 41.0 Å². The molecule has 0 radical (unpaired) electrons. The van der Waals surface area contributed by atoms with Gasteiger partial charge in [-0.1, -0.05) is 17.7 Å². The molecule has 1 heterocycles. The van der Waals surface area contributed by atoms with E-state index in [1.54, 1.807) is 6.20 Å². The number of alkyl halides is 1. The van der Waals surface area contributed by atoms with Crippen molar-refractivity contribution in [2.24, 2.45) is 0 Å². The molecule has 66 valence electrons. The molecule has 0 aliphatic heterocycles. The average molecular weight is 212 g/mol. The molecule has 0 aliphatic rings. The average Bonchev–Trinajstić information content (AvgIpc) is 2.16. The lowest BCUT2D eigenvalue weighted by Crippen LogP contribution is -1.85. The van der Waals surface area contributed by atoms with Crippen LogP contribution in [0.1, 0.15) is 5.56 Å². The van der Waals surface area contributed by atoms with Crippen molar-refractivity contribution in [3.63, 3.8) is 0 Å². The second-order valence-corrected chi connectivity index (χ2v) is 3.48. The molecule has 0 N–H and O–H groups in total. The second kappa shape index (κ2) is 3.52. The molecule has 0 amide bonds. The van der Waals surface area contributed by atoms with Crippen molar-refractivity contribution in [2.45, 2.75) is 5.88 Å². The van der Waals surface area contributed by atoms with Gasteiger partial charge in [0, 0.05) is 22.5 Å². The molecule has 0 saturated carbocycles. The lowest BCUT2D eigenvalue weighted by atomic mass is 10.1. The first-order valence-corrected chi connectivity index (χ1v) is 4.81. The molecule has 1 nitrogen and oxygen atoms in total. The van der Waals surface area contributed by atoms with Gasteiger partial charge >= 0.3 is 0 Å². The van der Waals surface area contributed by atoms with Crippen LogP contribution in [0.5, 0.6) is 0 Å². The smallest absolute Gasteiger partial charge is 0.0747 e. The fourth-order valence-electron chi connectivity index (χ4n) is 1.33. The summed E-state index contributed by atoms with van der Waals surface area (Å²) in [7, 11) is 0. The van der Waals surface area contributed by atoms with Crippen molar-refractivity contribution in [1.29, 1.82) is 0 Å². The van der Waals surface area contributed by atoms with E-state index < -0.39 is 0 Å². The Morgan fingerprint density at radius 1 is 1.31 bits per heavy atom. The summed E-state index contributed by atoms with van der Waals surface area (Å²) in [5.74, 6) is 0.439. The topological polar surface area (TPSA) is 12.9 Å². The molecule has 0 fully saturated rings. The molecule has 0 aliphatic carbocycles. The van der Waals surface area contributed by atoms with E-state index in [0.29, 0.717) is 10.9 Å². The van der Waals surface area contributed by atoms with Gasteiger partial charge in [-0.05, 0) is 23.8 Å². The second-order valence-electron chi connectivity index (χ2n) is 2.77. The summed E-state index contributed by atoms with van der Waals surface area (Å²) in [6.07, 6.45) is 1.76. The SMILES string of the molecule is ClCc1cc(Cl)cc2cccnc12. The number of hydrogen-bond acceptors (Lipinski definition) is 1. The van der Waals surface area contributed by atoms with Gasteiger partial charge in [-0.25, -0.2) is 0 Å². The highest BCUT2D eigenvalue weighted by molar-refractivity contribution is 6.31. The molecule has 13 heavy (non-hydrogen) atoms. The summed E-state index contributed by atoms with van der Waals surface area (Å²) < 4.78 is 0. The number of hydrogen-bond donors (Lipinski definition) is 0. The zero-order valence-electron chi connectivity index (χ0n) is 6.80. The van der Waals surface area contributed by atoms with Gasteiger partial charge in [-0.3, -0.25) is 4.98 Å². The van der Waals surface area contributed by atoms with Gasteiger partial charge in [-0.2, -0.15) is 0 Å². The third kappa shape index (κ3) is 1.62. The maximum atomic E-state index is 5.92. The van der Waals surface area contributed by atoms with E-state index in [1.807, 2.05) is 24.3 Å². The Labute approximate surface area is 86.3 Å². The number of halogens is 2. The summed E-state index contributed by atoms with van der Waals surface area (Å²) in [5.41, 5.74) is 1.91. The van der Waals surface area contributed by atoms with Crippen molar-refractivity contribution in [3.8, 4) is 0 Å². The van der Waals surface area contributed by atoms with Gasteiger partial charge in [0.05, 0.1) is 5.52 Å². The standard InChI is InChI=1S/C10H7Cl2N/c11-6-8-5-9(12)4-7-2-1-3-13-10(7)8/h1-5H,6H2. The first-order chi connectivity index (χ1) is 6.31. The molecule has 1 aromatic heterocycles. The van der Waals surface area contributed by atoms with E-state index in [4.69, 9.17) is 23.2 Å². The van der Waals surface area contributed by atoms with E-state index in [-0.39, 0.29) is 0 Å². The van der Waals surface area contributed by atoms with Crippen LogP contribution in [0.2, 0.25) is 5.02 Å². The summed E-state index contributed by atoms with van der Waals surface area (Å²) in [6, 6.07) is 7.60. The van der Waals surface area contributed by atoms with Crippen LogP contribution in [0.4, 0.5) is 0 Å². The number of rotatable bonds is 1. The Balaban J connectivity index is 2.81. The molecule has 3 heteroatoms. The fraction of sp³-hybridized carbons (Fsp3) is 0.100. The van der Waals surface area contributed by atoms with Gasteiger partial charge in [0.15, 0.2) is 0 Å². The van der Waals surface area contributed by atoms with E-state index >= 15 is 0 Å². The van der Waals surface area contributed by atoms with Crippen molar-refractivity contribution in [2.75, 3.05) is 0 Å². The summed E-state index contributed by atoms with van der Waals surface area (Å²) in [4.78, 5) is 4.25. The molecule has 0 spiro atoms. The highest BCUT2D eigenvalue weighted by Gasteiger charge is 2.02. The third-order valence-corrected chi connectivity index (χ3v) is 2.40. The lowest BCUT2D eigenvalue weighted by Gasteiger charge is -2.02. The predicted molar refractivity (Wildman–Crippen MR) is 56.3 cm³/mol. The monoisotopic (exact) mass is 211 g/mol. The molecule has 2 rings (SSSR count). The first kappa shape index (κ1) is 8.79. The third-order valence-electron chi connectivity index (χ3n) is 1.89. The Morgan fingerprint density at radius 2 is 2.15 bits per heavy atom. The molecular weight excluding hydrogens is 205 g/mol. The Kier molecular flexibility index (Phi) is 2.38. The Morgan fingerprint density at radius 3 is 2.92 bits per heavy atom. The van der Waals surface area contributed by atoms with Crippen LogP contribution in [0.3, 0.4) is 0 Å². The van der Waals surface area contributed by atoms with Crippen LogP contribution < -0.4 is 0 Å². The zero-order valence-corrected chi connectivity index (χ0v) is 8.31. The highest BCUT2D eigenvalue weighted by atomic mass is 35.5. The van der Waals surface area contributed by atoms with Gasteiger partial charge < -0.3 is 0 Å². The van der Waals surface area contributed by atoms with E-state index in [9.17, 15) is 0 Å². The normalized spacial score (nSPS) is 10.6. The van der Waals surface area contributed by atoms with Crippen LogP contribution >= 0.6 is 23.2 Å². The number of benzene rings is 1. The zero-order chi connectivity index (χ0) is 9.26. The first-order valence-electron chi connectivity index (χ1n) is 3.90. The number of nitrogens with zero attached hydrogens (tertiary/aromatic N) is 1.